The Bertz CT molecular complexity index is 520. The standard InChI is InChI=1S/C16H27N3OS/c1-12(21(2)20)8-10-19-15-7-9-17-11-14(15)18-16(19)13-5-3-4-6-13/h12-13,17H,3-11H2,1-2H3. The summed E-state index contributed by atoms with van der Waals surface area (Å²) in [5.74, 6) is 1.97. The minimum absolute atomic E-state index is 0.265. The van der Waals surface area contributed by atoms with Crippen LogP contribution in [-0.2, 0) is 30.3 Å². The third-order valence-corrected chi connectivity index (χ3v) is 6.43. The van der Waals surface area contributed by atoms with Crippen molar-refractivity contribution >= 4 is 10.8 Å². The average Bonchev–Trinajstić information content (AvgIpc) is 3.11. The van der Waals surface area contributed by atoms with Gasteiger partial charge in [0.1, 0.15) is 5.82 Å². The van der Waals surface area contributed by atoms with Crippen molar-refractivity contribution in [1.82, 2.24) is 14.9 Å². The second kappa shape index (κ2) is 6.61. The molecule has 0 bridgehead atoms. The van der Waals surface area contributed by atoms with E-state index >= 15 is 0 Å². The summed E-state index contributed by atoms with van der Waals surface area (Å²) in [6.07, 6.45) is 9.15. The second-order valence-electron chi connectivity index (χ2n) is 6.52. The van der Waals surface area contributed by atoms with Crippen molar-refractivity contribution in [3.05, 3.63) is 17.2 Å². The van der Waals surface area contributed by atoms with Crippen LogP contribution in [0.4, 0.5) is 0 Å². The quantitative estimate of drug-likeness (QED) is 0.908. The maximum Gasteiger partial charge on any atom is 0.112 e. The molecule has 0 amide bonds. The third-order valence-electron chi connectivity index (χ3n) is 5.06. The van der Waals surface area contributed by atoms with Gasteiger partial charge in [0.15, 0.2) is 0 Å². The fourth-order valence-electron chi connectivity index (χ4n) is 3.61. The van der Waals surface area contributed by atoms with E-state index in [0.717, 1.165) is 32.5 Å². The molecule has 0 aromatic carbocycles. The molecular formula is C16H27N3OS. The highest BCUT2D eigenvalue weighted by Crippen LogP contribution is 2.35. The molecule has 21 heavy (non-hydrogen) atoms. The molecule has 0 radical (unpaired) electrons. The molecule has 1 fully saturated rings. The van der Waals surface area contributed by atoms with Gasteiger partial charge in [0.25, 0.3) is 0 Å². The van der Waals surface area contributed by atoms with E-state index in [1.54, 1.807) is 0 Å². The summed E-state index contributed by atoms with van der Waals surface area (Å²) in [4.78, 5) is 4.98. The molecule has 1 aromatic heterocycles. The fraction of sp³-hybridized carbons (Fsp3) is 0.812. The van der Waals surface area contributed by atoms with E-state index in [0.29, 0.717) is 5.92 Å². The second-order valence-corrected chi connectivity index (χ2v) is 8.32. The third kappa shape index (κ3) is 3.24. The van der Waals surface area contributed by atoms with E-state index in [9.17, 15) is 4.21 Å². The smallest absolute Gasteiger partial charge is 0.112 e. The lowest BCUT2D eigenvalue weighted by molar-refractivity contribution is 0.531. The van der Waals surface area contributed by atoms with Gasteiger partial charge in [-0.05, 0) is 19.3 Å². The van der Waals surface area contributed by atoms with Gasteiger partial charge in [0.05, 0.1) is 5.69 Å². The van der Waals surface area contributed by atoms with Crippen LogP contribution in [-0.4, -0.2) is 31.8 Å². The zero-order valence-electron chi connectivity index (χ0n) is 13.2. The van der Waals surface area contributed by atoms with E-state index in [-0.39, 0.29) is 5.25 Å². The average molecular weight is 309 g/mol. The lowest BCUT2D eigenvalue weighted by atomic mass is 10.1. The van der Waals surface area contributed by atoms with Crippen LogP contribution in [0.5, 0.6) is 0 Å². The van der Waals surface area contributed by atoms with Gasteiger partial charge in [0.2, 0.25) is 0 Å². The Morgan fingerprint density at radius 1 is 1.43 bits per heavy atom. The summed E-state index contributed by atoms with van der Waals surface area (Å²) in [5.41, 5.74) is 2.69. The molecule has 2 aliphatic rings. The number of nitrogens with zero attached hydrogens (tertiary/aromatic N) is 2. The first kappa shape index (κ1) is 15.2. The van der Waals surface area contributed by atoms with Crippen LogP contribution in [0, 0.1) is 0 Å². The van der Waals surface area contributed by atoms with Crippen molar-refractivity contribution in [2.24, 2.45) is 0 Å². The van der Waals surface area contributed by atoms with Gasteiger partial charge in [-0.1, -0.05) is 19.8 Å². The minimum atomic E-state index is -0.728. The van der Waals surface area contributed by atoms with Gasteiger partial charge in [0, 0.05) is 60.0 Å². The van der Waals surface area contributed by atoms with Gasteiger partial charge < -0.3 is 9.88 Å². The predicted octanol–water partition coefficient (Wildman–Crippen LogP) is 2.34. The summed E-state index contributed by atoms with van der Waals surface area (Å²) in [6, 6.07) is 0. The molecule has 2 heterocycles. The molecule has 1 aromatic rings. The maximum absolute atomic E-state index is 11.6. The van der Waals surface area contributed by atoms with Crippen LogP contribution in [0.2, 0.25) is 0 Å². The number of nitrogens with one attached hydrogen (secondary N) is 1. The number of hydrogen-bond acceptors (Lipinski definition) is 3. The first-order valence-corrected chi connectivity index (χ1v) is 9.90. The summed E-state index contributed by atoms with van der Waals surface area (Å²) in [6.45, 7) is 5.04. The summed E-state index contributed by atoms with van der Waals surface area (Å²) in [7, 11) is -0.728. The number of aromatic nitrogens is 2. The molecule has 3 rings (SSSR count). The Balaban J connectivity index is 1.84. The van der Waals surface area contributed by atoms with E-state index < -0.39 is 10.8 Å². The topological polar surface area (TPSA) is 46.9 Å². The zero-order chi connectivity index (χ0) is 14.8. The molecule has 5 heteroatoms. The van der Waals surface area contributed by atoms with Gasteiger partial charge in [-0.25, -0.2) is 4.98 Å². The van der Waals surface area contributed by atoms with Crippen molar-refractivity contribution in [3.8, 4) is 0 Å². The first-order valence-electron chi connectivity index (χ1n) is 8.28. The molecule has 1 aliphatic carbocycles. The van der Waals surface area contributed by atoms with E-state index in [1.807, 2.05) is 6.26 Å². The lowest BCUT2D eigenvalue weighted by Crippen LogP contribution is -2.25. The molecule has 1 saturated carbocycles. The SMILES string of the molecule is CC(CCn1c(C2CCCC2)nc2c1CCNC2)S(C)=O. The molecular weight excluding hydrogens is 282 g/mol. The molecule has 2 unspecified atom stereocenters. The highest BCUT2D eigenvalue weighted by molar-refractivity contribution is 7.84. The van der Waals surface area contributed by atoms with Crippen molar-refractivity contribution in [1.29, 1.82) is 0 Å². The van der Waals surface area contributed by atoms with Gasteiger partial charge in [-0.3, -0.25) is 4.21 Å². The van der Waals surface area contributed by atoms with Gasteiger partial charge in [-0.2, -0.15) is 0 Å². The van der Waals surface area contributed by atoms with Gasteiger partial charge >= 0.3 is 0 Å². The Hall–Kier alpha value is -0.680. The van der Waals surface area contributed by atoms with Crippen LogP contribution in [0.25, 0.3) is 0 Å². The number of hydrogen-bond donors (Lipinski definition) is 1. The highest BCUT2D eigenvalue weighted by atomic mass is 32.2. The van der Waals surface area contributed by atoms with Crippen LogP contribution in [0.3, 0.4) is 0 Å². The summed E-state index contributed by atoms with van der Waals surface area (Å²) in [5, 5.41) is 3.70. The van der Waals surface area contributed by atoms with Gasteiger partial charge in [-0.15, -0.1) is 0 Å². The molecule has 0 saturated heterocycles. The Labute approximate surface area is 130 Å². The monoisotopic (exact) mass is 309 g/mol. The predicted molar refractivity (Wildman–Crippen MR) is 87.0 cm³/mol. The largest absolute Gasteiger partial charge is 0.331 e. The molecule has 4 nitrogen and oxygen atoms in total. The van der Waals surface area contributed by atoms with E-state index in [2.05, 4.69) is 16.8 Å². The molecule has 118 valence electrons. The number of imidazole rings is 1. The zero-order valence-corrected chi connectivity index (χ0v) is 14.0. The Kier molecular flexibility index (Phi) is 4.79. The molecule has 0 spiro atoms. The normalized spacial score (nSPS) is 22.2. The lowest BCUT2D eigenvalue weighted by Gasteiger charge is -2.19. The number of rotatable bonds is 5. The minimum Gasteiger partial charge on any atom is -0.331 e. The van der Waals surface area contributed by atoms with Crippen LogP contribution in [0.15, 0.2) is 0 Å². The molecule has 1 aliphatic heterocycles. The van der Waals surface area contributed by atoms with E-state index in [1.165, 1.54) is 42.9 Å². The highest BCUT2D eigenvalue weighted by Gasteiger charge is 2.27. The maximum atomic E-state index is 11.6. The van der Waals surface area contributed by atoms with Crippen LogP contribution >= 0.6 is 0 Å². The van der Waals surface area contributed by atoms with Crippen molar-refractivity contribution in [2.45, 2.75) is 69.7 Å². The van der Waals surface area contributed by atoms with Crippen LogP contribution < -0.4 is 5.32 Å². The van der Waals surface area contributed by atoms with Crippen molar-refractivity contribution < 1.29 is 4.21 Å². The van der Waals surface area contributed by atoms with E-state index in [4.69, 9.17) is 4.98 Å². The Morgan fingerprint density at radius 3 is 2.90 bits per heavy atom. The van der Waals surface area contributed by atoms with Crippen molar-refractivity contribution in [2.75, 3.05) is 12.8 Å². The first-order chi connectivity index (χ1) is 10.2. The fourth-order valence-corrected chi connectivity index (χ4v) is 4.05. The number of fused-ring (bicyclic) bond motifs is 1. The Morgan fingerprint density at radius 2 is 2.19 bits per heavy atom. The summed E-state index contributed by atoms with van der Waals surface area (Å²) < 4.78 is 14.1. The molecule has 2 atom stereocenters. The van der Waals surface area contributed by atoms with Crippen LogP contribution in [0.1, 0.15) is 62.2 Å². The van der Waals surface area contributed by atoms with Crippen molar-refractivity contribution in [3.63, 3.8) is 0 Å². The summed E-state index contributed by atoms with van der Waals surface area (Å²) >= 11 is 0. The molecule has 1 N–H and O–H groups in total.